The van der Waals surface area contributed by atoms with E-state index in [1.807, 2.05) is 16.7 Å². The zero-order valence-electron chi connectivity index (χ0n) is 14.3. The Morgan fingerprint density at radius 3 is 2.72 bits per heavy atom. The summed E-state index contributed by atoms with van der Waals surface area (Å²) in [5, 5.41) is 0. The number of benzene rings is 1. The van der Waals surface area contributed by atoms with E-state index in [4.69, 9.17) is 9.47 Å². The molecule has 1 atom stereocenters. The number of ether oxygens (including phenoxy) is 2. The first-order chi connectivity index (χ1) is 12.1. The van der Waals surface area contributed by atoms with E-state index in [9.17, 15) is 9.18 Å². The molecule has 6 heteroatoms. The molecule has 1 unspecified atom stereocenters. The van der Waals surface area contributed by atoms with Crippen molar-refractivity contribution in [1.82, 2.24) is 4.90 Å². The van der Waals surface area contributed by atoms with Gasteiger partial charge >= 0.3 is 0 Å². The molecule has 25 heavy (non-hydrogen) atoms. The first kappa shape index (κ1) is 17.3. The lowest BCUT2D eigenvalue weighted by molar-refractivity contribution is -0.0118. The summed E-state index contributed by atoms with van der Waals surface area (Å²) in [6.45, 7) is 4.09. The van der Waals surface area contributed by atoms with Gasteiger partial charge in [0.05, 0.1) is 10.9 Å². The molecule has 3 aliphatic heterocycles. The number of carbonyl (C=O) groups is 1. The highest BCUT2D eigenvalue weighted by molar-refractivity contribution is 8.01. The van der Waals surface area contributed by atoms with E-state index in [1.165, 1.54) is 12.1 Å². The van der Waals surface area contributed by atoms with Crippen molar-refractivity contribution in [3.05, 3.63) is 35.6 Å². The normalized spacial score (nSPS) is 26.0. The molecule has 0 bridgehead atoms. The second-order valence-electron chi connectivity index (χ2n) is 7.38. The van der Waals surface area contributed by atoms with Gasteiger partial charge in [-0.3, -0.25) is 4.79 Å². The van der Waals surface area contributed by atoms with Gasteiger partial charge in [-0.15, -0.1) is 11.8 Å². The van der Waals surface area contributed by atoms with Crippen LogP contribution < -0.4 is 0 Å². The lowest BCUT2D eigenvalue weighted by atomic mass is 9.92. The van der Waals surface area contributed by atoms with Crippen molar-refractivity contribution in [3.63, 3.8) is 0 Å². The third kappa shape index (κ3) is 3.86. The first-order valence-corrected chi connectivity index (χ1v) is 10.0. The van der Waals surface area contributed by atoms with Crippen LogP contribution in [0.3, 0.4) is 0 Å². The maximum Gasteiger partial charge on any atom is 0.253 e. The van der Waals surface area contributed by atoms with E-state index in [0.717, 1.165) is 57.9 Å². The fourth-order valence-electron chi connectivity index (χ4n) is 3.88. The summed E-state index contributed by atoms with van der Waals surface area (Å²) in [6, 6.07) is 5.80. The first-order valence-electron chi connectivity index (χ1n) is 9.02. The topological polar surface area (TPSA) is 38.8 Å². The average Bonchev–Trinajstić information content (AvgIpc) is 3.04. The third-order valence-corrected chi connectivity index (χ3v) is 7.00. The molecule has 0 aliphatic carbocycles. The van der Waals surface area contributed by atoms with Gasteiger partial charge in [0.15, 0.2) is 0 Å². The minimum absolute atomic E-state index is 0.00204. The molecular weight excluding hydrogens is 341 g/mol. The van der Waals surface area contributed by atoms with Crippen molar-refractivity contribution in [1.29, 1.82) is 0 Å². The molecule has 0 N–H and O–H groups in total. The SMILES string of the molecule is O=C(c1ccc(F)cc1)N1CC2(CC(OCC3CCOCC3)CS2)C1. The molecule has 1 spiro atoms. The van der Waals surface area contributed by atoms with Crippen LogP contribution in [-0.4, -0.2) is 60.3 Å². The van der Waals surface area contributed by atoms with E-state index in [2.05, 4.69) is 0 Å². The van der Waals surface area contributed by atoms with Crippen LogP contribution in [0, 0.1) is 11.7 Å². The Kier molecular flexibility index (Phi) is 5.02. The standard InChI is InChI=1S/C19H24FNO3S/c20-16-3-1-15(2-4-16)18(22)21-12-19(13-21)9-17(11-25-19)24-10-14-5-7-23-8-6-14/h1-4,14,17H,5-13H2. The Morgan fingerprint density at radius 2 is 2.00 bits per heavy atom. The van der Waals surface area contributed by atoms with Crippen molar-refractivity contribution in [2.45, 2.75) is 30.1 Å². The van der Waals surface area contributed by atoms with Crippen molar-refractivity contribution in [2.75, 3.05) is 38.7 Å². The Balaban J connectivity index is 1.24. The number of amides is 1. The number of carbonyl (C=O) groups excluding carboxylic acids is 1. The van der Waals surface area contributed by atoms with Crippen LogP contribution in [0.5, 0.6) is 0 Å². The largest absolute Gasteiger partial charge is 0.381 e. The van der Waals surface area contributed by atoms with Crippen LogP contribution in [0.1, 0.15) is 29.6 Å². The van der Waals surface area contributed by atoms with Crippen molar-refractivity contribution in [3.8, 4) is 0 Å². The number of nitrogens with zero attached hydrogens (tertiary/aromatic N) is 1. The van der Waals surface area contributed by atoms with Gasteiger partial charge in [-0.25, -0.2) is 4.39 Å². The molecule has 3 aliphatic rings. The van der Waals surface area contributed by atoms with E-state index in [1.54, 1.807) is 12.1 Å². The number of hydrogen-bond acceptors (Lipinski definition) is 4. The Labute approximate surface area is 152 Å². The molecule has 1 aromatic carbocycles. The molecule has 3 saturated heterocycles. The average molecular weight is 365 g/mol. The van der Waals surface area contributed by atoms with Gasteiger partial charge in [-0.1, -0.05) is 0 Å². The van der Waals surface area contributed by atoms with Gasteiger partial charge < -0.3 is 14.4 Å². The third-order valence-electron chi connectivity index (χ3n) is 5.42. The fourth-order valence-corrected chi connectivity index (χ4v) is 5.43. The van der Waals surface area contributed by atoms with Crippen LogP contribution >= 0.6 is 11.8 Å². The summed E-state index contributed by atoms with van der Waals surface area (Å²) in [5.74, 6) is 1.33. The summed E-state index contributed by atoms with van der Waals surface area (Å²) in [6.07, 6.45) is 3.53. The molecule has 4 nitrogen and oxygen atoms in total. The Bertz CT molecular complexity index is 612. The zero-order chi connectivity index (χ0) is 17.3. The van der Waals surface area contributed by atoms with Gasteiger partial charge in [0.25, 0.3) is 5.91 Å². The van der Waals surface area contributed by atoms with Gasteiger partial charge in [-0.05, 0) is 49.4 Å². The molecule has 4 rings (SSSR count). The highest BCUT2D eigenvalue weighted by Gasteiger charge is 2.51. The highest BCUT2D eigenvalue weighted by Crippen LogP contribution is 2.46. The molecule has 0 aromatic heterocycles. The number of likely N-dealkylation sites (tertiary alicyclic amines) is 1. The van der Waals surface area contributed by atoms with E-state index < -0.39 is 0 Å². The van der Waals surface area contributed by atoms with Gasteiger partial charge in [0, 0.05) is 44.2 Å². The highest BCUT2D eigenvalue weighted by atomic mass is 32.2. The second-order valence-corrected chi connectivity index (χ2v) is 8.87. The monoisotopic (exact) mass is 365 g/mol. The summed E-state index contributed by atoms with van der Waals surface area (Å²) >= 11 is 1.94. The molecule has 136 valence electrons. The second kappa shape index (κ2) is 7.25. The van der Waals surface area contributed by atoms with Crippen LogP contribution in [0.4, 0.5) is 4.39 Å². The number of thioether (sulfide) groups is 1. The lowest BCUT2D eigenvalue weighted by Gasteiger charge is -2.47. The number of rotatable bonds is 4. The van der Waals surface area contributed by atoms with Gasteiger partial charge in [0.1, 0.15) is 5.82 Å². The van der Waals surface area contributed by atoms with Crippen molar-refractivity contribution < 1.29 is 18.7 Å². The molecule has 3 fully saturated rings. The molecule has 0 radical (unpaired) electrons. The quantitative estimate of drug-likeness (QED) is 0.822. The van der Waals surface area contributed by atoms with Crippen LogP contribution in [-0.2, 0) is 9.47 Å². The maximum atomic E-state index is 13.0. The van der Waals surface area contributed by atoms with E-state index in [-0.39, 0.29) is 16.5 Å². The van der Waals surface area contributed by atoms with Crippen LogP contribution in [0.25, 0.3) is 0 Å². The van der Waals surface area contributed by atoms with Crippen LogP contribution in [0.2, 0.25) is 0 Å². The van der Waals surface area contributed by atoms with Gasteiger partial charge in [0.2, 0.25) is 0 Å². The van der Waals surface area contributed by atoms with Crippen LogP contribution in [0.15, 0.2) is 24.3 Å². The smallest absolute Gasteiger partial charge is 0.253 e. The predicted octanol–water partition coefficient (Wildman–Crippen LogP) is 2.97. The molecule has 3 heterocycles. The van der Waals surface area contributed by atoms with Crippen molar-refractivity contribution >= 4 is 17.7 Å². The maximum absolute atomic E-state index is 13.0. The summed E-state index contributed by atoms with van der Waals surface area (Å²) in [4.78, 5) is 14.3. The molecule has 0 saturated carbocycles. The van der Waals surface area contributed by atoms with E-state index in [0.29, 0.717) is 17.6 Å². The Morgan fingerprint density at radius 1 is 1.28 bits per heavy atom. The minimum Gasteiger partial charge on any atom is -0.381 e. The summed E-state index contributed by atoms with van der Waals surface area (Å²) < 4.78 is 24.7. The Hall–Kier alpha value is -1.11. The molecule has 1 amide bonds. The zero-order valence-corrected chi connectivity index (χ0v) is 15.1. The van der Waals surface area contributed by atoms with E-state index >= 15 is 0 Å². The summed E-state index contributed by atoms with van der Waals surface area (Å²) in [5.41, 5.74) is 0.562. The molecule has 1 aromatic rings. The fraction of sp³-hybridized carbons (Fsp3) is 0.632. The number of hydrogen-bond donors (Lipinski definition) is 0. The summed E-state index contributed by atoms with van der Waals surface area (Å²) in [7, 11) is 0. The number of halogens is 1. The predicted molar refractivity (Wildman–Crippen MR) is 95.4 cm³/mol. The lowest BCUT2D eigenvalue weighted by Crippen LogP contribution is -2.60. The van der Waals surface area contributed by atoms with Gasteiger partial charge in [-0.2, -0.15) is 0 Å². The minimum atomic E-state index is -0.313. The molecular formula is C19H24FNO3S. The van der Waals surface area contributed by atoms with Crippen molar-refractivity contribution in [2.24, 2.45) is 5.92 Å².